The van der Waals surface area contributed by atoms with Crippen molar-refractivity contribution < 1.29 is 37.8 Å². The molecule has 2 amide bonds. The molecule has 0 unspecified atom stereocenters. The van der Waals surface area contributed by atoms with Crippen LogP contribution in [0.4, 0.5) is 10.7 Å². The van der Waals surface area contributed by atoms with E-state index in [1.807, 2.05) is 36.4 Å². The molecule has 0 radical (unpaired) electrons. The van der Waals surface area contributed by atoms with Crippen LogP contribution in [0, 0.1) is 0 Å². The molecule has 4 aromatic rings. The fraction of sp³-hybridized carbons (Fsp3) is 0.316. The summed E-state index contributed by atoms with van der Waals surface area (Å²) in [6.45, 7) is 0.0856. The molecular weight excluding hydrogens is 691 g/mol. The Morgan fingerprint density at radius 1 is 0.804 bits per heavy atom. The Labute approximate surface area is 300 Å². The number of carbonyl (C=O) groups is 4. The quantitative estimate of drug-likeness (QED) is 0.106. The van der Waals surface area contributed by atoms with Crippen LogP contribution in [-0.2, 0) is 40.5 Å². The van der Waals surface area contributed by atoms with Crippen molar-refractivity contribution in [2.45, 2.75) is 75.1 Å². The van der Waals surface area contributed by atoms with Gasteiger partial charge in [-0.2, -0.15) is 4.31 Å². The van der Waals surface area contributed by atoms with Crippen molar-refractivity contribution in [2.24, 2.45) is 0 Å². The molecule has 6 rings (SSSR count). The number of carbonyl (C=O) groups excluding carboxylic acids is 2. The number of nitrogens with one attached hydrogen (secondary N) is 2. The van der Waals surface area contributed by atoms with Crippen molar-refractivity contribution in [1.82, 2.24) is 4.31 Å². The zero-order valence-electron chi connectivity index (χ0n) is 27.9. The third-order valence-electron chi connectivity index (χ3n) is 9.17. The van der Waals surface area contributed by atoms with Crippen molar-refractivity contribution >= 4 is 55.8 Å². The first-order valence-electron chi connectivity index (χ1n) is 17.0. The van der Waals surface area contributed by atoms with E-state index >= 15 is 0 Å². The van der Waals surface area contributed by atoms with Gasteiger partial charge in [-0.25, -0.2) is 13.2 Å². The van der Waals surface area contributed by atoms with Crippen molar-refractivity contribution in [1.29, 1.82) is 0 Å². The molecule has 1 aromatic heterocycles. The van der Waals surface area contributed by atoms with Crippen LogP contribution in [0.15, 0.2) is 77.7 Å². The number of carboxylic acid groups (broad SMARTS) is 2. The topological polar surface area (TPSA) is 170 Å². The Morgan fingerprint density at radius 3 is 2.12 bits per heavy atom. The molecule has 11 nitrogen and oxygen atoms in total. The second-order valence-corrected chi connectivity index (χ2v) is 15.9. The highest BCUT2D eigenvalue weighted by atomic mass is 32.2. The lowest BCUT2D eigenvalue weighted by molar-refractivity contribution is -0.137. The van der Waals surface area contributed by atoms with Gasteiger partial charge < -0.3 is 20.8 Å². The summed E-state index contributed by atoms with van der Waals surface area (Å²) in [4.78, 5) is 50.6. The number of aliphatic carboxylic acids is 1. The summed E-state index contributed by atoms with van der Waals surface area (Å²) in [7, 11) is -3.97. The summed E-state index contributed by atoms with van der Waals surface area (Å²) >= 11 is 1.37. The minimum Gasteiger partial charge on any atom is -0.481 e. The molecule has 0 saturated heterocycles. The molecule has 0 spiro atoms. The minimum absolute atomic E-state index is 0.0413. The van der Waals surface area contributed by atoms with E-state index < -0.39 is 27.9 Å². The summed E-state index contributed by atoms with van der Waals surface area (Å²) in [6, 6.07) is 20.0. The van der Waals surface area contributed by atoms with Crippen molar-refractivity contribution in [3.63, 3.8) is 0 Å². The number of fused-ring (bicyclic) bond motifs is 1. The lowest BCUT2D eigenvalue weighted by Crippen LogP contribution is -2.34. The van der Waals surface area contributed by atoms with Gasteiger partial charge in [-0.15, -0.1) is 11.3 Å². The van der Waals surface area contributed by atoms with E-state index in [2.05, 4.69) is 10.6 Å². The van der Waals surface area contributed by atoms with E-state index in [0.29, 0.717) is 35.5 Å². The second kappa shape index (κ2) is 15.6. The molecule has 2 aliphatic rings. The van der Waals surface area contributed by atoms with E-state index in [4.69, 9.17) is 10.2 Å². The largest absolute Gasteiger partial charge is 0.481 e. The standard InChI is InChI=1S/C38H39N3O8S2/c42-33(43)9-4-22-41(29-20-21-29)51(48,49)30-6-3-5-27(23-30)35(44)40-37-34(31-7-1-2-8-32(31)50-37)36(45)39-28-18-14-25(15-19-28)11-10-24-12-16-26(17-13-24)38(46)47/h3,5-6,12-19,23,29H,1-2,4,7-11,20-22H2,(H,39,45)(H,40,44)(H,42,43)(H,46,47). The number of thiophene rings is 1. The first-order valence-corrected chi connectivity index (χ1v) is 19.3. The molecular formula is C38H39N3O8S2. The molecule has 51 heavy (non-hydrogen) atoms. The number of hydrogen-bond donors (Lipinski definition) is 4. The van der Waals surface area contributed by atoms with E-state index in [1.165, 1.54) is 39.9 Å². The van der Waals surface area contributed by atoms with Gasteiger partial charge >= 0.3 is 11.9 Å². The summed E-state index contributed by atoms with van der Waals surface area (Å²) in [5, 5.41) is 24.4. The van der Waals surface area contributed by atoms with Gasteiger partial charge in [-0.1, -0.05) is 30.3 Å². The smallest absolute Gasteiger partial charge is 0.335 e. The average Bonchev–Trinajstić information content (AvgIpc) is 3.89. The van der Waals surface area contributed by atoms with Crippen LogP contribution in [0.25, 0.3) is 0 Å². The van der Waals surface area contributed by atoms with E-state index in [0.717, 1.165) is 53.7 Å². The molecule has 1 fully saturated rings. The highest BCUT2D eigenvalue weighted by Gasteiger charge is 2.38. The lowest BCUT2D eigenvalue weighted by Gasteiger charge is -2.22. The molecule has 266 valence electrons. The zero-order chi connectivity index (χ0) is 36.1. The summed E-state index contributed by atoms with van der Waals surface area (Å²) in [5.74, 6) is -2.82. The molecule has 2 aliphatic carbocycles. The van der Waals surface area contributed by atoms with Gasteiger partial charge in [-0.05, 0) is 117 Å². The number of anilines is 2. The molecule has 4 N–H and O–H groups in total. The second-order valence-electron chi connectivity index (χ2n) is 12.9. The number of nitrogens with zero attached hydrogens (tertiary/aromatic N) is 1. The number of carboxylic acids is 2. The van der Waals surface area contributed by atoms with E-state index in [9.17, 15) is 27.6 Å². The molecule has 0 bridgehead atoms. The molecule has 1 heterocycles. The van der Waals surface area contributed by atoms with Gasteiger partial charge in [-0.3, -0.25) is 14.4 Å². The lowest BCUT2D eigenvalue weighted by atomic mass is 9.95. The first-order chi connectivity index (χ1) is 24.5. The van der Waals surface area contributed by atoms with Gasteiger partial charge in [0.05, 0.1) is 16.0 Å². The van der Waals surface area contributed by atoms with Gasteiger partial charge in [0, 0.05) is 35.1 Å². The number of rotatable bonds is 15. The fourth-order valence-corrected chi connectivity index (χ4v) is 9.35. The van der Waals surface area contributed by atoms with Crippen LogP contribution < -0.4 is 10.6 Å². The van der Waals surface area contributed by atoms with Crippen LogP contribution in [0.3, 0.4) is 0 Å². The number of amides is 2. The van der Waals surface area contributed by atoms with Crippen LogP contribution in [-0.4, -0.2) is 59.3 Å². The highest BCUT2D eigenvalue weighted by Crippen LogP contribution is 2.39. The Hall–Kier alpha value is -4.85. The van der Waals surface area contributed by atoms with Crippen LogP contribution >= 0.6 is 11.3 Å². The summed E-state index contributed by atoms with van der Waals surface area (Å²) < 4.78 is 28.6. The SMILES string of the molecule is O=C(O)CCCN(C1CC1)S(=O)(=O)c1cccc(C(=O)Nc2sc3c(c2C(=O)Nc2ccc(CCc4ccc(C(=O)O)cc4)cc2)CCCC3)c1. The molecule has 3 aromatic carbocycles. The predicted molar refractivity (Wildman–Crippen MR) is 194 cm³/mol. The van der Waals surface area contributed by atoms with Gasteiger partial charge in [0.25, 0.3) is 11.8 Å². The Morgan fingerprint density at radius 2 is 1.47 bits per heavy atom. The number of aryl methyl sites for hydroxylation is 3. The number of benzene rings is 3. The van der Waals surface area contributed by atoms with Crippen molar-refractivity contribution in [2.75, 3.05) is 17.2 Å². The molecule has 0 aliphatic heterocycles. The zero-order valence-corrected chi connectivity index (χ0v) is 29.5. The van der Waals surface area contributed by atoms with Gasteiger partial charge in [0.2, 0.25) is 10.0 Å². The van der Waals surface area contributed by atoms with Crippen LogP contribution in [0.5, 0.6) is 0 Å². The third-order valence-corrected chi connectivity index (χ3v) is 12.3. The van der Waals surface area contributed by atoms with Crippen molar-refractivity contribution in [3.05, 3.63) is 111 Å². The number of aromatic carboxylic acids is 1. The number of sulfonamides is 1. The normalized spacial score (nSPS) is 14.1. The highest BCUT2D eigenvalue weighted by molar-refractivity contribution is 7.89. The summed E-state index contributed by atoms with van der Waals surface area (Å²) in [5.41, 5.74) is 4.39. The van der Waals surface area contributed by atoms with Crippen LogP contribution in [0.2, 0.25) is 0 Å². The van der Waals surface area contributed by atoms with Crippen molar-refractivity contribution in [3.8, 4) is 0 Å². The Kier molecular flexibility index (Phi) is 11.0. The molecule has 1 saturated carbocycles. The van der Waals surface area contributed by atoms with Gasteiger partial charge in [0.1, 0.15) is 5.00 Å². The summed E-state index contributed by atoms with van der Waals surface area (Å²) in [6.07, 6.45) is 6.35. The Bertz CT molecular complexity index is 2050. The fourth-order valence-electron chi connectivity index (χ4n) is 6.30. The molecule has 13 heteroatoms. The maximum Gasteiger partial charge on any atom is 0.335 e. The monoisotopic (exact) mass is 729 g/mol. The Balaban J connectivity index is 1.15. The average molecular weight is 730 g/mol. The van der Waals surface area contributed by atoms with E-state index in [-0.39, 0.29) is 47.4 Å². The maximum atomic E-state index is 13.8. The number of hydrogen-bond acceptors (Lipinski definition) is 7. The third kappa shape index (κ3) is 8.73. The maximum absolute atomic E-state index is 13.8. The van der Waals surface area contributed by atoms with Crippen LogP contribution in [0.1, 0.15) is 91.2 Å². The predicted octanol–water partition coefficient (Wildman–Crippen LogP) is 6.63. The first kappa shape index (κ1) is 36.0. The van der Waals surface area contributed by atoms with Gasteiger partial charge in [0.15, 0.2) is 0 Å². The molecule has 0 atom stereocenters. The van der Waals surface area contributed by atoms with E-state index in [1.54, 1.807) is 12.1 Å². The minimum atomic E-state index is -3.97.